The molecule has 0 saturated heterocycles. The van der Waals surface area contributed by atoms with Gasteiger partial charge in [0.15, 0.2) is 0 Å². The van der Waals surface area contributed by atoms with E-state index >= 15 is 0 Å². The lowest BCUT2D eigenvalue weighted by atomic mass is 9.72. The number of hydrogen-bond donors (Lipinski definition) is 0. The van der Waals surface area contributed by atoms with Gasteiger partial charge in [-0.05, 0) is 71.6 Å². The zero-order chi connectivity index (χ0) is 13.6. The number of rotatable bonds is 3. The summed E-state index contributed by atoms with van der Waals surface area (Å²) in [5, 5.41) is 0. The molecule has 1 saturated carbocycles. The van der Waals surface area contributed by atoms with Gasteiger partial charge >= 0.3 is 5.97 Å². The van der Waals surface area contributed by atoms with Crippen LogP contribution in [0, 0.1) is 16.7 Å². The Morgan fingerprint density at radius 2 is 2.00 bits per heavy atom. The van der Waals surface area contributed by atoms with Crippen molar-refractivity contribution in [3.8, 4) is 0 Å². The minimum atomic E-state index is -0.393. The van der Waals surface area contributed by atoms with Gasteiger partial charge in [-0.15, -0.1) is 0 Å². The van der Waals surface area contributed by atoms with E-state index in [1.807, 2.05) is 34.6 Å². The van der Waals surface area contributed by atoms with Crippen LogP contribution >= 0.6 is 0 Å². The topological polar surface area (TPSA) is 26.3 Å². The summed E-state index contributed by atoms with van der Waals surface area (Å²) in [4.78, 5) is 12.3. The third-order valence-corrected chi connectivity index (χ3v) is 4.15. The Morgan fingerprint density at radius 3 is 2.39 bits per heavy atom. The van der Waals surface area contributed by atoms with E-state index in [1.54, 1.807) is 0 Å². The smallest absolute Gasteiger partial charge is 0.312 e. The maximum absolute atomic E-state index is 12.3. The van der Waals surface area contributed by atoms with Crippen LogP contribution in [-0.2, 0) is 9.53 Å². The summed E-state index contributed by atoms with van der Waals surface area (Å²) in [6.07, 6.45) is 9.38. The second kappa shape index (κ2) is 4.11. The number of carbonyl (C=O) groups is 1. The number of ether oxygens (including phenoxy) is 1. The van der Waals surface area contributed by atoms with E-state index in [0.717, 1.165) is 12.3 Å². The van der Waals surface area contributed by atoms with Crippen LogP contribution in [0.5, 0.6) is 0 Å². The van der Waals surface area contributed by atoms with Crippen molar-refractivity contribution in [1.82, 2.24) is 0 Å². The highest BCUT2D eigenvalue weighted by Gasteiger charge is 2.46. The molecule has 2 aliphatic carbocycles. The van der Waals surface area contributed by atoms with Crippen molar-refractivity contribution in [1.29, 1.82) is 0 Å². The van der Waals surface area contributed by atoms with E-state index in [2.05, 4.69) is 12.2 Å². The second-order valence-electron chi connectivity index (χ2n) is 7.79. The molecule has 0 spiro atoms. The van der Waals surface area contributed by atoms with Gasteiger partial charge in [-0.2, -0.15) is 0 Å². The lowest BCUT2D eigenvalue weighted by Crippen LogP contribution is -2.37. The Morgan fingerprint density at radius 1 is 1.33 bits per heavy atom. The van der Waals surface area contributed by atoms with Crippen LogP contribution < -0.4 is 0 Å². The van der Waals surface area contributed by atoms with Gasteiger partial charge in [-0.25, -0.2) is 0 Å². The maximum Gasteiger partial charge on any atom is 0.312 e. The average Bonchev–Trinajstić information content (AvgIpc) is 2.73. The van der Waals surface area contributed by atoms with Crippen molar-refractivity contribution in [3.63, 3.8) is 0 Å². The molecule has 102 valence electrons. The largest absolute Gasteiger partial charge is 0.460 e. The molecule has 2 heteroatoms. The first-order valence-electron chi connectivity index (χ1n) is 7.05. The fourth-order valence-corrected chi connectivity index (χ4v) is 3.44. The van der Waals surface area contributed by atoms with Crippen LogP contribution in [-0.4, -0.2) is 11.6 Å². The summed E-state index contributed by atoms with van der Waals surface area (Å²) in [5.41, 5.74) is -0.516. The molecule has 0 heterocycles. The van der Waals surface area contributed by atoms with E-state index in [0.29, 0.717) is 0 Å². The summed E-state index contributed by atoms with van der Waals surface area (Å²) >= 11 is 0. The molecule has 0 amide bonds. The summed E-state index contributed by atoms with van der Waals surface area (Å²) in [6.45, 7) is 9.84. The number of allylic oxidation sites excluding steroid dienone is 2. The van der Waals surface area contributed by atoms with Crippen molar-refractivity contribution >= 4 is 5.97 Å². The highest BCUT2D eigenvalue weighted by molar-refractivity contribution is 5.76. The minimum absolute atomic E-state index is 0.0619. The molecule has 2 atom stereocenters. The Labute approximate surface area is 111 Å². The van der Waals surface area contributed by atoms with Crippen molar-refractivity contribution < 1.29 is 9.53 Å². The molecule has 0 aliphatic heterocycles. The molecule has 2 aliphatic rings. The number of hydrogen-bond acceptors (Lipinski definition) is 2. The first-order chi connectivity index (χ1) is 8.12. The van der Waals surface area contributed by atoms with Crippen LogP contribution in [0.1, 0.15) is 60.3 Å². The Balaban J connectivity index is 2.03. The Hall–Kier alpha value is -0.790. The number of carbonyl (C=O) groups excluding carboxylic acids is 1. The number of esters is 1. The summed E-state index contributed by atoms with van der Waals surface area (Å²) in [7, 11) is 0. The molecule has 0 aromatic rings. The van der Waals surface area contributed by atoms with Gasteiger partial charge in [0.2, 0.25) is 0 Å². The van der Waals surface area contributed by atoms with Gasteiger partial charge in [-0.3, -0.25) is 4.79 Å². The molecule has 0 aromatic heterocycles. The van der Waals surface area contributed by atoms with E-state index in [4.69, 9.17) is 4.74 Å². The normalized spacial score (nSPS) is 30.8. The van der Waals surface area contributed by atoms with Gasteiger partial charge in [0.25, 0.3) is 0 Å². The molecule has 1 fully saturated rings. The second-order valence-corrected chi connectivity index (χ2v) is 7.79. The van der Waals surface area contributed by atoms with Gasteiger partial charge < -0.3 is 4.74 Å². The third-order valence-electron chi connectivity index (χ3n) is 4.15. The third kappa shape index (κ3) is 2.78. The first kappa shape index (κ1) is 13.6. The van der Waals surface area contributed by atoms with E-state index < -0.39 is 11.0 Å². The predicted molar refractivity (Wildman–Crippen MR) is 73.2 cm³/mol. The van der Waals surface area contributed by atoms with Crippen LogP contribution in [0.2, 0.25) is 0 Å². The molecular weight excluding hydrogens is 224 g/mol. The van der Waals surface area contributed by atoms with Crippen LogP contribution in [0.4, 0.5) is 0 Å². The Kier molecular flexibility index (Phi) is 3.11. The minimum Gasteiger partial charge on any atom is -0.460 e. The van der Waals surface area contributed by atoms with Crippen LogP contribution in [0.25, 0.3) is 0 Å². The lowest BCUT2D eigenvalue weighted by Gasteiger charge is -2.35. The molecule has 2 nitrogen and oxygen atoms in total. The van der Waals surface area contributed by atoms with E-state index in [9.17, 15) is 4.79 Å². The molecular formula is C16H26O2. The van der Waals surface area contributed by atoms with Crippen LogP contribution in [0.3, 0.4) is 0 Å². The summed E-state index contributed by atoms with van der Waals surface area (Å²) < 4.78 is 5.55. The van der Waals surface area contributed by atoms with E-state index in [-0.39, 0.29) is 11.4 Å². The summed E-state index contributed by atoms with van der Waals surface area (Å²) in [6, 6.07) is 0. The molecule has 0 radical (unpaired) electrons. The monoisotopic (exact) mass is 250 g/mol. The summed E-state index contributed by atoms with van der Waals surface area (Å²) in [5.74, 6) is 0.701. The van der Waals surface area contributed by atoms with Gasteiger partial charge in [-0.1, -0.05) is 12.2 Å². The highest BCUT2D eigenvalue weighted by atomic mass is 16.6. The van der Waals surface area contributed by atoms with E-state index in [1.165, 1.54) is 19.3 Å². The molecule has 0 aromatic carbocycles. The number of fused-ring (bicyclic) bond motifs is 2. The van der Waals surface area contributed by atoms with Crippen molar-refractivity contribution in [2.75, 3.05) is 0 Å². The quantitative estimate of drug-likeness (QED) is 0.557. The van der Waals surface area contributed by atoms with Crippen molar-refractivity contribution in [2.24, 2.45) is 16.7 Å². The average molecular weight is 250 g/mol. The SMILES string of the molecule is CC(C)(C)OC(=O)C(C)(C)CC12C=CC(CC1)C2. The fourth-order valence-electron chi connectivity index (χ4n) is 3.44. The van der Waals surface area contributed by atoms with Gasteiger partial charge in [0.1, 0.15) is 5.60 Å². The van der Waals surface area contributed by atoms with Crippen molar-refractivity contribution in [2.45, 2.75) is 65.9 Å². The highest BCUT2D eigenvalue weighted by Crippen LogP contribution is 2.54. The van der Waals surface area contributed by atoms with Crippen LogP contribution in [0.15, 0.2) is 12.2 Å². The molecule has 0 N–H and O–H groups in total. The molecule has 2 rings (SSSR count). The zero-order valence-corrected chi connectivity index (χ0v) is 12.4. The fraction of sp³-hybridized carbons (Fsp3) is 0.812. The molecule has 2 bridgehead atoms. The first-order valence-corrected chi connectivity index (χ1v) is 7.05. The maximum atomic E-state index is 12.3. The molecule has 2 unspecified atom stereocenters. The standard InChI is InChI=1S/C16H26O2/c1-14(2,3)18-13(17)15(4,5)11-16-8-6-12(10-16)7-9-16/h6,8,12H,7,9-11H2,1-5H3. The lowest BCUT2D eigenvalue weighted by molar-refractivity contribution is -0.167. The zero-order valence-electron chi connectivity index (χ0n) is 12.4. The Bertz CT molecular complexity index is 373. The molecule has 18 heavy (non-hydrogen) atoms. The predicted octanol–water partition coefficient (Wildman–Crippen LogP) is 4.10. The van der Waals surface area contributed by atoms with Crippen molar-refractivity contribution in [3.05, 3.63) is 12.2 Å². The van der Waals surface area contributed by atoms with Gasteiger partial charge in [0.05, 0.1) is 5.41 Å². The van der Waals surface area contributed by atoms with Gasteiger partial charge in [0, 0.05) is 0 Å².